The van der Waals surface area contributed by atoms with E-state index in [1.54, 1.807) is 4.90 Å². The summed E-state index contributed by atoms with van der Waals surface area (Å²) in [5.41, 5.74) is 0. The fourth-order valence-corrected chi connectivity index (χ4v) is 1.76. The van der Waals surface area contributed by atoms with Crippen LogP contribution in [0.4, 0.5) is 0 Å². The van der Waals surface area contributed by atoms with Crippen LogP contribution in [0.1, 0.15) is 32.6 Å². The van der Waals surface area contributed by atoms with Gasteiger partial charge in [-0.2, -0.15) is 0 Å². The predicted octanol–water partition coefficient (Wildman–Crippen LogP) is 2.29. The number of allylic oxidation sites excluding steroid dienone is 1. The normalized spacial score (nSPS) is 18.7. The standard InChI is InChI=1S/C10H15NOS/c1-2-3-4-8-11-9(12)6-5-7-10(11)13/h2-3H,4-8H2,1H3/b3-2+. The van der Waals surface area contributed by atoms with Crippen molar-refractivity contribution in [2.24, 2.45) is 0 Å². The minimum atomic E-state index is 0.195. The van der Waals surface area contributed by atoms with Crippen LogP contribution in [0.5, 0.6) is 0 Å². The second kappa shape index (κ2) is 5.12. The van der Waals surface area contributed by atoms with E-state index in [4.69, 9.17) is 12.2 Å². The SMILES string of the molecule is C/C=C/CCN1C(=O)CCCC1=S. The van der Waals surface area contributed by atoms with Crippen molar-refractivity contribution in [2.75, 3.05) is 6.54 Å². The number of hydrogen-bond acceptors (Lipinski definition) is 2. The molecule has 0 atom stereocenters. The minimum Gasteiger partial charge on any atom is -0.306 e. The van der Waals surface area contributed by atoms with Gasteiger partial charge < -0.3 is 4.90 Å². The maximum absolute atomic E-state index is 11.4. The third kappa shape index (κ3) is 2.92. The van der Waals surface area contributed by atoms with Crippen LogP contribution in [0.3, 0.4) is 0 Å². The van der Waals surface area contributed by atoms with Crippen LogP contribution in [0.2, 0.25) is 0 Å². The van der Waals surface area contributed by atoms with E-state index in [2.05, 4.69) is 6.08 Å². The number of likely N-dealkylation sites (tertiary alicyclic amines) is 1. The highest BCUT2D eigenvalue weighted by Gasteiger charge is 2.21. The third-order valence-electron chi connectivity index (χ3n) is 2.14. The number of piperidine rings is 1. The highest BCUT2D eigenvalue weighted by atomic mass is 32.1. The molecule has 0 bridgehead atoms. The summed E-state index contributed by atoms with van der Waals surface area (Å²) < 4.78 is 0. The number of nitrogens with zero attached hydrogens (tertiary/aromatic N) is 1. The molecule has 1 amide bonds. The molecule has 1 aliphatic rings. The summed E-state index contributed by atoms with van der Waals surface area (Å²) in [7, 11) is 0. The zero-order valence-electron chi connectivity index (χ0n) is 7.95. The van der Waals surface area contributed by atoms with E-state index in [-0.39, 0.29) is 5.91 Å². The van der Waals surface area contributed by atoms with Crippen LogP contribution in [0, 0.1) is 0 Å². The number of hydrogen-bond donors (Lipinski definition) is 0. The fourth-order valence-electron chi connectivity index (χ4n) is 1.42. The Morgan fingerprint density at radius 3 is 2.92 bits per heavy atom. The first kappa shape index (κ1) is 10.4. The molecule has 0 aromatic carbocycles. The molecule has 72 valence electrons. The van der Waals surface area contributed by atoms with Crippen molar-refractivity contribution >= 4 is 23.1 Å². The van der Waals surface area contributed by atoms with E-state index < -0.39 is 0 Å². The van der Waals surface area contributed by atoms with Gasteiger partial charge in [0.2, 0.25) is 5.91 Å². The molecule has 0 radical (unpaired) electrons. The van der Waals surface area contributed by atoms with Crippen molar-refractivity contribution in [3.63, 3.8) is 0 Å². The molecule has 1 heterocycles. The molecular formula is C10H15NOS. The Morgan fingerprint density at radius 1 is 1.54 bits per heavy atom. The summed E-state index contributed by atoms with van der Waals surface area (Å²) in [6.45, 7) is 2.73. The van der Waals surface area contributed by atoms with E-state index in [1.807, 2.05) is 13.0 Å². The van der Waals surface area contributed by atoms with Crippen molar-refractivity contribution in [1.82, 2.24) is 4.90 Å². The van der Waals surface area contributed by atoms with E-state index in [0.29, 0.717) is 6.42 Å². The lowest BCUT2D eigenvalue weighted by atomic mass is 10.1. The topological polar surface area (TPSA) is 20.3 Å². The monoisotopic (exact) mass is 197 g/mol. The largest absolute Gasteiger partial charge is 0.306 e. The quantitative estimate of drug-likeness (QED) is 0.511. The number of rotatable bonds is 3. The third-order valence-corrected chi connectivity index (χ3v) is 2.56. The molecule has 0 aromatic rings. The van der Waals surface area contributed by atoms with Gasteiger partial charge >= 0.3 is 0 Å². The number of carbonyl (C=O) groups excluding carboxylic acids is 1. The molecule has 0 saturated carbocycles. The van der Waals surface area contributed by atoms with Crippen molar-refractivity contribution < 1.29 is 4.79 Å². The second-order valence-corrected chi connectivity index (χ2v) is 3.62. The number of amides is 1. The van der Waals surface area contributed by atoms with Gasteiger partial charge in [0.25, 0.3) is 0 Å². The summed E-state index contributed by atoms with van der Waals surface area (Å²) in [5, 5.41) is 0. The van der Waals surface area contributed by atoms with Gasteiger partial charge in [-0.05, 0) is 26.2 Å². The van der Waals surface area contributed by atoms with Gasteiger partial charge in [0.15, 0.2) is 0 Å². The molecule has 13 heavy (non-hydrogen) atoms. The highest BCUT2D eigenvalue weighted by Crippen LogP contribution is 2.13. The lowest BCUT2D eigenvalue weighted by Crippen LogP contribution is -2.39. The maximum Gasteiger partial charge on any atom is 0.227 e. The zero-order chi connectivity index (χ0) is 9.68. The molecule has 1 rings (SSSR count). The predicted molar refractivity (Wildman–Crippen MR) is 57.6 cm³/mol. The molecule has 0 aliphatic carbocycles. The van der Waals surface area contributed by atoms with Gasteiger partial charge in [-0.25, -0.2) is 0 Å². The van der Waals surface area contributed by atoms with E-state index >= 15 is 0 Å². The van der Waals surface area contributed by atoms with Crippen molar-refractivity contribution in [3.05, 3.63) is 12.2 Å². The Bertz CT molecular complexity index is 219. The van der Waals surface area contributed by atoms with Crippen LogP contribution < -0.4 is 0 Å². The average Bonchev–Trinajstić information content (AvgIpc) is 2.10. The number of thiocarbonyl (C=S) groups is 1. The van der Waals surface area contributed by atoms with E-state index in [1.165, 1.54) is 0 Å². The summed E-state index contributed by atoms with van der Waals surface area (Å²) in [6, 6.07) is 0. The van der Waals surface area contributed by atoms with Crippen molar-refractivity contribution in [1.29, 1.82) is 0 Å². The van der Waals surface area contributed by atoms with E-state index in [9.17, 15) is 4.79 Å². The van der Waals surface area contributed by atoms with Crippen LogP contribution in [0.15, 0.2) is 12.2 Å². The molecule has 0 spiro atoms. The lowest BCUT2D eigenvalue weighted by Gasteiger charge is -2.26. The Labute approximate surface area is 84.6 Å². The van der Waals surface area contributed by atoms with Crippen LogP contribution >= 0.6 is 12.2 Å². The Kier molecular flexibility index (Phi) is 4.09. The van der Waals surface area contributed by atoms with Gasteiger partial charge in [0, 0.05) is 13.0 Å². The van der Waals surface area contributed by atoms with Crippen LogP contribution in [-0.2, 0) is 4.79 Å². The molecule has 2 nitrogen and oxygen atoms in total. The Morgan fingerprint density at radius 2 is 2.31 bits per heavy atom. The van der Waals surface area contributed by atoms with Crippen LogP contribution in [0.25, 0.3) is 0 Å². The molecule has 1 aliphatic heterocycles. The van der Waals surface area contributed by atoms with Gasteiger partial charge in [-0.15, -0.1) is 0 Å². The molecule has 0 aromatic heterocycles. The first-order valence-corrected chi connectivity index (χ1v) is 5.11. The molecule has 3 heteroatoms. The summed E-state index contributed by atoms with van der Waals surface area (Å²) >= 11 is 5.13. The average molecular weight is 197 g/mol. The van der Waals surface area contributed by atoms with Gasteiger partial charge in [0.1, 0.15) is 0 Å². The summed E-state index contributed by atoms with van der Waals surface area (Å²) in [5.74, 6) is 0.195. The van der Waals surface area contributed by atoms with Crippen LogP contribution in [-0.4, -0.2) is 22.3 Å². The van der Waals surface area contributed by atoms with Gasteiger partial charge in [0.05, 0.1) is 4.99 Å². The molecule has 1 fully saturated rings. The first-order chi connectivity index (χ1) is 6.25. The first-order valence-electron chi connectivity index (χ1n) is 4.70. The molecular weight excluding hydrogens is 182 g/mol. The lowest BCUT2D eigenvalue weighted by molar-refractivity contribution is -0.128. The van der Waals surface area contributed by atoms with Gasteiger partial charge in [-0.3, -0.25) is 4.79 Å². The summed E-state index contributed by atoms with van der Waals surface area (Å²) in [4.78, 5) is 14.0. The highest BCUT2D eigenvalue weighted by molar-refractivity contribution is 7.80. The smallest absolute Gasteiger partial charge is 0.227 e. The fraction of sp³-hybridized carbons (Fsp3) is 0.600. The zero-order valence-corrected chi connectivity index (χ0v) is 8.77. The summed E-state index contributed by atoms with van der Waals surface area (Å²) in [6.07, 6.45) is 7.45. The minimum absolute atomic E-state index is 0.195. The van der Waals surface area contributed by atoms with Gasteiger partial charge in [-0.1, -0.05) is 24.4 Å². The molecule has 0 N–H and O–H groups in total. The maximum atomic E-state index is 11.4. The molecule has 0 unspecified atom stereocenters. The Balaban J connectivity index is 2.44. The number of carbonyl (C=O) groups is 1. The van der Waals surface area contributed by atoms with E-state index in [0.717, 1.165) is 30.8 Å². The molecule has 1 saturated heterocycles. The van der Waals surface area contributed by atoms with Crippen molar-refractivity contribution in [3.8, 4) is 0 Å². The van der Waals surface area contributed by atoms with Crippen molar-refractivity contribution in [2.45, 2.75) is 32.6 Å². The second-order valence-electron chi connectivity index (χ2n) is 3.15. The Hall–Kier alpha value is -0.700.